The van der Waals surface area contributed by atoms with Gasteiger partial charge < -0.3 is 9.72 Å². The van der Waals surface area contributed by atoms with Gasteiger partial charge in [0.25, 0.3) is 0 Å². The van der Waals surface area contributed by atoms with Crippen molar-refractivity contribution >= 4 is 15.9 Å². The minimum absolute atomic E-state index is 0.345. The van der Waals surface area contributed by atoms with E-state index in [1.165, 1.54) is 5.56 Å². The molecule has 0 saturated heterocycles. The maximum absolute atomic E-state index is 5.69. The Morgan fingerprint density at radius 3 is 3.18 bits per heavy atom. The second-order valence-electron chi connectivity index (χ2n) is 4.21. The Hall–Kier alpha value is -1.29. The molecule has 3 rings (SSSR count). The number of H-pyrrole nitrogens is 1. The fourth-order valence-corrected chi connectivity index (χ4v) is 2.97. The number of nitrogens with zero attached hydrogens (tertiary/aromatic N) is 1. The van der Waals surface area contributed by atoms with Gasteiger partial charge in [-0.2, -0.15) is 0 Å². The van der Waals surface area contributed by atoms with E-state index in [-0.39, 0.29) is 0 Å². The highest BCUT2D eigenvalue weighted by molar-refractivity contribution is 9.09. The van der Waals surface area contributed by atoms with Crippen molar-refractivity contribution in [2.75, 3.05) is 6.61 Å². The largest absolute Gasteiger partial charge is 0.493 e. The quantitative estimate of drug-likeness (QED) is 0.884. The molecule has 2 atom stereocenters. The average Bonchev–Trinajstić information content (AvgIpc) is 2.96. The van der Waals surface area contributed by atoms with E-state index < -0.39 is 0 Å². The summed E-state index contributed by atoms with van der Waals surface area (Å²) in [5.41, 5.74) is 1.29. The maximum atomic E-state index is 5.69. The van der Waals surface area contributed by atoms with Crippen LogP contribution in [0, 0.1) is 0 Å². The monoisotopic (exact) mass is 292 g/mol. The van der Waals surface area contributed by atoms with Gasteiger partial charge in [-0.3, -0.25) is 0 Å². The molecule has 0 saturated carbocycles. The van der Waals surface area contributed by atoms with E-state index in [0.717, 1.165) is 24.6 Å². The number of rotatable bonds is 3. The highest BCUT2D eigenvalue weighted by Gasteiger charge is 2.30. The molecule has 0 aliphatic carbocycles. The van der Waals surface area contributed by atoms with Crippen molar-refractivity contribution in [3.05, 3.63) is 48.0 Å². The molecule has 4 heteroatoms. The number of alkyl halides is 1. The third-order valence-corrected chi connectivity index (χ3v) is 4.08. The molecule has 1 aliphatic rings. The normalized spacial score (nSPS) is 19.7. The van der Waals surface area contributed by atoms with Crippen LogP contribution in [-0.2, 0) is 6.42 Å². The van der Waals surface area contributed by atoms with E-state index in [1.807, 2.05) is 18.3 Å². The topological polar surface area (TPSA) is 37.9 Å². The molecule has 1 aromatic carbocycles. The lowest BCUT2D eigenvalue weighted by molar-refractivity contribution is 0.328. The number of fused-ring (bicyclic) bond motifs is 1. The van der Waals surface area contributed by atoms with Crippen LogP contribution in [0.25, 0.3) is 0 Å². The summed E-state index contributed by atoms with van der Waals surface area (Å²) >= 11 is 3.76. The first-order valence-electron chi connectivity index (χ1n) is 5.68. The van der Waals surface area contributed by atoms with Crippen LogP contribution in [0.5, 0.6) is 5.75 Å². The zero-order valence-corrected chi connectivity index (χ0v) is 10.9. The summed E-state index contributed by atoms with van der Waals surface area (Å²) in [5, 5.41) is 0. The van der Waals surface area contributed by atoms with Gasteiger partial charge >= 0.3 is 0 Å². The first-order valence-corrected chi connectivity index (χ1v) is 6.60. The smallest absolute Gasteiger partial charge is 0.122 e. The molecule has 0 radical (unpaired) electrons. The lowest BCUT2D eigenvalue weighted by atomic mass is 9.96. The SMILES string of the molecule is BrC(Cc1ncc[nH]1)C1COc2ccccc21. The van der Waals surface area contributed by atoms with Gasteiger partial charge in [0.15, 0.2) is 0 Å². The van der Waals surface area contributed by atoms with Crippen molar-refractivity contribution in [1.82, 2.24) is 9.97 Å². The summed E-state index contributed by atoms with van der Waals surface area (Å²) in [5.74, 6) is 2.42. The zero-order chi connectivity index (χ0) is 11.7. The number of para-hydroxylation sites is 1. The van der Waals surface area contributed by atoms with Crippen LogP contribution in [0.1, 0.15) is 17.3 Å². The summed E-state index contributed by atoms with van der Waals surface area (Å²) in [4.78, 5) is 7.74. The molecule has 2 unspecified atom stereocenters. The average molecular weight is 293 g/mol. The fourth-order valence-electron chi connectivity index (χ4n) is 2.22. The van der Waals surface area contributed by atoms with E-state index in [1.54, 1.807) is 6.20 Å². The van der Waals surface area contributed by atoms with E-state index in [2.05, 4.69) is 38.0 Å². The molecule has 2 heterocycles. The maximum Gasteiger partial charge on any atom is 0.122 e. The van der Waals surface area contributed by atoms with Gasteiger partial charge in [-0.1, -0.05) is 34.1 Å². The molecular weight excluding hydrogens is 280 g/mol. The third kappa shape index (κ3) is 2.09. The van der Waals surface area contributed by atoms with E-state index in [4.69, 9.17) is 4.74 Å². The predicted molar refractivity (Wildman–Crippen MR) is 69.7 cm³/mol. The number of benzene rings is 1. The number of ether oxygens (including phenoxy) is 1. The molecule has 0 spiro atoms. The molecule has 88 valence electrons. The summed E-state index contributed by atoms with van der Waals surface area (Å²) < 4.78 is 5.69. The molecule has 2 aromatic rings. The van der Waals surface area contributed by atoms with Gasteiger partial charge in [0.2, 0.25) is 0 Å². The van der Waals surface area contributed by atoms with Gasteiger partial charge in [0.1, 0.15) is 11.6 Å². The van der Waals surface area contributed by atoms with Crippen LogP contribution < -0.4 is 4.74 Å². The van der Waals surface area contributed by atoms with E-state index in [0.29, 0.717) is 10.7 Å². The lowest BCUT2D eigenvalue weighted by Crippen LogP contribution is -2.17. The number of aromatic amines is 1. The molecule has 1 N–H and O–H groups in total. The molecule has 0 amide bonds. The van der Waals surface area contributed by atoms with Gasteiger partial charge in [0, 0.05) is 35.1 Å². The molecule has 1 aromatic heterocycles. The Balaban J connectivity index is 1.78. The van der Waals surface area contributed by atoms with Gasteiger partial charge in [-0.05, 0) is 6.07 Å². The first kappa shape index (κ1) is 10.8. The van der Waals surface area contributed by atoms with E-state index in [9.17, 15) is 0 Å². The minimum atomic E-state index is 0.345. The highest BCUT2D eigenvalue weighted by atomic mass is 79.9. The van der Waals surface area contributed by atoms with Crippen molar-refractivity contribution in [3.63, 3.8) is 0 Å². The Morgan fingerprint density at radius 1 is 1.47 bits per heavy atom. The third-order valence-electron chi connectivity index (χ3n) is 3.12. The molecular formula is C13H13BrN2O. The standard InChI is InChI=1S/C13H13BrN2O/c14-11(7-13-15-5-6-16-13)10-8-17-12-4-2-1-3-9(10)12/h1-6,10-11H,7-8H2,(H,15,16). The van der Waals surface area contributed by atoms with Gasteiger partial charge in [-0.15, -0.1) is 0 Å². The Kier molecular flexibility index (Phi) is 2.89. The number of imidazole rings is 1. The van der Waals surface area contributed by atoms with Crippen LogP contribution in [0.2, 0.25) is 0 Å². The second-order valence-corrected chi connectivity index (χ2v) is 5.39. The number of nitrogens with one attached hydrogen (secondary N) is 1. The Labute approximate surface area is 108 Å². The Morgan fingerprint density at radius 2 is 2.35 bits per heavy atom. The van der Waals surface area contributed by atoms with Crippen LogP contribution in [0.15, 0.2) is 36.7 Å². The summed E-state index contributed by atoms with van der Waals surface area (Å²) in [6.45, 7) is 0.746. The highest BCUT2D eigenvalue weighted by Crippen LogP contribution is 2.38. The lowest BCUT2D eigenvalue weighted by Gasteiger charge is -2.15. The van der Waals surface area contributed by atoms with Crippen LogP contribution >= 0.6 is 15.9 Å². The van der Waals surface area contributed by atoms with Crippen molar-refractivity contribution in [1.29, 1.82) is 0 Å². The van der Waals surface area contributed by atoms with Gasteiger partial charge in [-0.25, -0.2) is 4.98 Å². The van der Waals surface area contributed by atoms with Gasteiger partial charge in [0.05, 0.1) is 6.61 Å². The molecule has 0 fully saturated rings. The van der Waals surface area contributed by atoms with Crippen molar-refractivity contribution in [2.24, 2.45) is 0 Å². The molecule has 0 bridgehead atoms. The zero-order valence-electron chi connectivity index (χ0n) is 9.27. The van der Waals surface area contributed by atoms with Crippen molar-refractivity contribution in [3.8, 4) is 5.75 Å². The number of hydrogen-bond donors (Lipinski definition) is 1. The summed E-state index contributed by atoms with van der Waals surface area (Å²) in [6.07, 6.45) is 4.53. The molecule has 17 heavy (non-hydrogen) atoms. The van der Waals surface area contributed by atoms with Crippen LogP contribution in [0.3, 0.4) is 0 Å². The van der Waals surface area contributed by atoms with Crippen molar-refractivity contribution < 1.29 is 4.74 Å². The van der Waals surface area contributed by atoms with Crippen LogP contribution in [-0.4, -0.2) is 21.4 Å². The Bertz CT molecular complexity index is 498. The second kappa shape index (κ2) is 4.53. The van der Waals surface area contributed by atoms with Crippen molar-refractivity contribution in [2.45, 2.75) is 17.2 Å². The predicted octanol–water partition coefficient (Wildman–Crippen LogP) is 2.89. The summed E-state index contributed by atoms with van der Waals surface area (Å²) in [7, 11) is 0. The van der Waals surface area contributed by atoms with E-state index >= 15 is 0 Å². The number of aromatic nitrogens is 2. The summed E-state index contributed by atoms with van der Waals surface area (Å²) in [6, 6.07) is 8.25. The first-order chi connectivity index (χ1) is 8.34. The number of halogens is 1. The molecule has 1 aliphatic heterocycles. The number of hydrogen-bond acceptors (Lipinski definition) is 2. The molecule has 3 nitrogen and oxygen atoms in total. The van der Waals surface area contributed by atoms with Crippen LogP contribution in [0.4, 0.5) is 0 Å². The fraction of sp³-hybridized carbons (Fsp3) is 0.308. The minimum Gasteiger partial charge on any atom is -0.493 e.